The van der Waals surface area contributed by atoms with Gasteiger partial charge in [-0.3, -0.25) is 4.79 Å². The molecule has 0 aliphatic heterocycles. The summed E-state index contributed by atoms with van der Waals surface area (Å²) in [7, 11) is -3.62. The number of hydrogen-bond donors (Lipinski definition) is 2. The lowest BCUT2D eigenvalue weighted by atomic mass is 10.0. The molecule has 1 atom stereocenters. The van der Waals surface area contributed by atoms with Crippen LogP contribution in [-0.4, -0.2) is 44.0 Å². The van der Waals surface area contributed by atoms with Gasteiger partial charge in [0.25, 0.3) is 0 Å². The van der Waals surface area contributed by atoms with Crippen molar-refractivity contribution in [2.75, 3.05) is 19.0 Å². The third-order valence-electron chi connectivity index (χ3n) is 2.26. The average molecular weight is 253 g/mol. The molecular weight excluding hydrogens is 234 g/mol. The molecule has 2 N–H and O–H groups in total. The molecule has 0 aromatic carbocycles. The van der Waals surface area contributed by atoms with E-state index in [-0.39, 0.29) is 18.8 Å². The molecule has 0 rings (SSSR count). The van der Waals surface area contributed by atoms with Crippen molar-refractivity contribution in [3.05, 3.63) is 0 Å². The molecule has 0 saturated carbocycles. The Kier molecular flexibility index (Phi) is 5.91. The van der Waals surface area contributed by atoms with Gasteiger partial charge in [-0.05, 0) is 20.3 Å². The number of rotatable bonds is 8. The number of hydrogen-bond acceptors (Lipinski definition) is 4. The Morgan fingerprint density at radius 3 is 2.38 bits per heavy atom. The summed E-state index contributed by atoms with van der Waals surface area (Å²) in [6.07, 6.45) is 0.177. The minimum Gasteiger partial charge on any atom is -0.480 e. The normalized spacial score (nSPS) is 15.7. The molecule has 0 saturated heterocycles. The predicted molar refractivity (Wildman–Crippen MR) is 59.7 cm³/mol. The van der Waals surface area contributed by atoms with Crippen molar-refractivity contribution in [3.8, 4) is 0 Å². The molecule has 0 bridgehead atoms. The topological polar surface area (TPSA) is 92.7 Å². The molecule has 0 radical (unpaired) electrons. The van der Waals surface area contributed by atoms with Crippen LogP contribution in [0.4, 0.5) is 0 Å². The Labute approximate surface area is 96.0 Å². The Morgan fingerprint density at radius 2 is 2.00 bits per heavy atom. The molecule has 0 aromatic heterocycles. The Balaban J connectivity index is 4.50. The van der Waals surface area contributed by atoms with Gasteiger partial charge in [-0.15, -0.1) is 0 Å². The Hall–Kier alpha value is -0.660. The standard InChI is InChI=1S/C9H19NO5S/c1-4-9(3,8(11)12)10-16(13,14)7-6-15-5-2/h10H,4-7H2,1-3H3,(H,11,12). The number of carboxylic acids is 1. The third kappa shape index (κ3) is 4.91. The summed E-state index contributed by atoms with van der Waals surface area (Å²) >= 11 is 0. The van der Waals surface area contributed by atoms with E-state index >= 15 is 0 Å². The van der Waals surface area contributed by atoms with Gasteiger partial charge in [0, 0.05) is 6.61 Å². The SMILES string of the molecule is CCOCCS(=O)(=O)NC(C)(CC)C(=O)O. The Morgan fingerprint density at radius 1 is 1.44 bits per heavy atom. The maximum Gasteiger partial charge on any atom is 0.324 e. The lowest BCUT2D eigenvalue weighted by Crippen LogP contribution is -2.52. The van der Waals surface area contributed by atoms with E-state index in [4.69, 9.17) is 9.84 Å². The summed E-state index contributed by atoms with van der Waals surface area (Å²) in [6.45, 7) is 5.20. The summed E-state index contributed by atoms with van der Waals surface area (Å²) in [4.78, 5) is 10.9. The van der Waals surface area contributed by atoms with Crippen molar-refractivity contribution < 1.29 is 23.1 Å². The number of aliphatic carboxylic acids is 1. The number of carboxylic acid groups (broad SMARTS) is 1. The van der Waals surface area contributed by atoms with Crippen molar-refractivity contribution in [2.45, 2.75) is 32.7 Å². The van der Waals surface area contributed by atoms with Crippen molar-refractivity contribution in [3.63, 3.8) is 0 Å². The molecule has 6 nitrogen and oxygen atoms in total. The zero-order valence-electron chi connectivity index (χ0n) is 9.82. The molecule has 0 aliphatic rings. The maximum absolute atomic E-state index is 11.5. The summed E-state index contributed by atoms with van der Waals surface area (Å²) in [5.74, 6) is -1.42. The van der Waals surface area contributed by atoms with Gasteiger partial charge in [0.1, 0.15) is 5.54 Å². The van der Waals surface area contributed by atoms with Gasteiger partial charge >= 0.3 is 5.97 Å². The van der Waals surface area contributed by atoms with Crippen LogP contribution in [0.1, 0.15) is 27.2 Å². The van der Waals surface area contributed by atoms with E-state index in [1.54, 1.807) is 13.8 Å². The zero-order valence-corrected chi connectivity index (χ0v) is 10.6. The van der Waals surface area contributed by atoms with Crippen LogP contribution in [0.15, 0.2) is 0 Å². The molecule has 0 spiro atoms. The lowest BCUT2D eigenvalue weighted by molar-refractivity contribution is -0.143. The fraction of sp³-hybridized carbons (Fsp3) is 0.889. The summed E-state index contributed by atoms with van der Waals surface area (Å²) in [5, 5.41) is 8.91. The molecule has 0 aliphatic carbocycles. The van der Waals surface area contributed by atoms with Crippen LogP contribution in [0.25, 0.3) is 0 Å². The van der Waals surface area contributed by atoms with Gasteiger partial charge in [0.2, 0.25) is 10.0 Å². The van der Waals surface area contributed by atoms with Crippen molar-refractivity contribution in [2.24, 2.45) is 0 Å². The fourth-order valence-electron chi connectivity index (χ4n) is 0.974. The van der Waals surface area contributed by atoms with Gasteiger partial charge in [-0.25, -0.2) is 8.42 Å². The van der Waals surface area contributed by atoms with E-state index in [0.29, 0.717) is 6.61 Å². The van der Waals surface area contributed by atoms with Gasteiger partial charge < -0.3 is 9.84 Å². The van der Waals surface area contributed by atoms with E-state index in [2.05, 4.69) is 4.72 Å². The van der Waals surface area contributed by atoms with Gasteiger partial charge in [0.05, 0.1) is 12.4 Å². The zero-order chi connectivity index (χ0) is 12.8. The highest BCUT2D eigenvalue weighted by Crippen LogP contribution is 2.11. The van der Waals surface area contributed by atoms with Gasteiger partial charge in [-0.2, -0.15) is 4.72 Å². The number of nitrogens with one attached hydrogen (secondary N) is 1. The van der Waals surface area contributed by atoms with Crippen molar-refractivity contribution in [1.82, 2.24) is 4.72 Å². The van der Waals surface area contributed by atoms with Gasteiger partial charge in [-0.1, -0.05) is 6.92 Å². The van der Waals surface area contributed by atoms with Crippen molar-refractivity contribution >= 4 is 16.0 Å². The first-order valence-electron chi connectivity index (χ1n) is 5.10. The highest BCUT2D eigenvalue weighted by Gasteiger charge is 2.35. The fourth-order valence-corrected chi connectivity index (χ4v) is 2.33. The molecule has 16 heavy (non-hydrogen) atoms. The summed E-state index contributed by atoms with van der Waals surface area (Å²) < 4.78 is 30.1. The first-order chi connectivity index (χ1) is 7.27. The average Bonchev–Trinajstić information content (AvgIpc) is 2.16. The number of carbonyl (C=O) groups is 1. The van der Waals surface area contributed by atoms with E-state index < -0.39 is 21.5 Å². The van der Waals surface area contributed by atoms with Crippen LogP contribution in [0.3, 0.4) is 0 Å². The molecule has 96 valence electrons. The van der Waals surface area contributed by atoms with E-state index in [1.807, 2.05) is 0 Å². The monoisotopic (exact) mass is 253 g/mol. The maximum atomic E-state index is 11.5. The minimum absolute atomic E-state index is 0.0608. The summed E-state index contributed by atoms with van der Waals surface area (Å²) in [6, 6.07) is 0. The second-order valence-electron chi connectivity index (χ2n) is 3.61. The van der Waals surface area contributed by atoms with Crippen molar-refractivity contribution in [1.29, 1.82) is 0 Å². The molecule has 0 aromatic rings. The largest absolute Gasteiger partial charge is 0.480 e. The highest BCUT2D eigenvalue weighted by molar-refractivity contribution is 7.89. The number of ether oxygens (including phenoxy) is 1. The van der Waals surface area contributed by atoms with Gasteiger partial charge in [0.15, 0.2) is 0 Å². The second-order valence-corrected chi connectivity index (χ2v) is 5.45. The van der Waals surface area contributed by atoms with Crippen LogP contribution in [0.2, 0.25) is 0 Å². The van der Waals surface area contributed by atoms with Crippen LogP contribution in [-0.2, 0) is 19.6 Å². The second kappa shape index (κ2) is 6.17. The quantitative estimate of drug-likeness (QED) is 0.603. The summed E-state index contributed by atoms with van der Waals surface area (Å²) in [5.41, 5.74) is -1.45. The molecule has 0 heterocycles. The Bertz CT molecular complexity index is 327. The van der Waals surface area contributed by atoms with E-state index in [9.17, 15) is 13.2 Å². The molecule has 7 heteroatoms. The minimum atomic E-state index is -3.62. The smallest absolute Gasteiger partial charge is 0.324 e. The molecule has 0 fully saturated rings. The van der Waals surface area contributed by atoms with Crippen LogP contribution in [0.5, 0.6) is 0 Å². The van der Waals surface area contributed by atoms with E-state index in [1.165, 1.54) is 6.92 Å². The third-order valence-corrected chi connectivity index (χ3v) is 3.73. The molecule has 0 amide bonds. The van der Waals surface area contributed by atoms with Crippen LogP contribution >= 0.6 is 0 Å². The lowest BCUT2D eigenvalue weighted by Gasteiger charge is -2.24. The first-order valence-corrected chi connectivity index (χ1v) is 6.75. The van der Waals surface area contributed by atoms with Crippen LogP contribution < -0.4 is 4.72 Å². The van der Waals surface area contributed by atoms with E-state index in [0.717, 1.165) is 0 Å². The predicted octanol–water partition coefficient (Wildman–Crippen LogP) is 0.196. The molecular formula is C9H19NO5S. The molecule has 1 unspecified atom stereocenters. The van der Waals surface area contributed by atoms with Crippen LogP contribution in [0, 0.1) is 0 Å². The number of sulfonamides is 1. The first kappa shape index (κ1) is 15.3. The highest BCUT2D eigenvalue weighted by atomic mass is 32.2.